The van der Waals surface area contributed by atoms with Crippen molar-refractivity contribution in [1.29, 1.82) is 0 Å². The minimum Gasteiger partial charge on any atom is -0.505 e. The number of rotatable bonds is 10. The lowest BCUT2D eigenvalue weighted by Crippen LogP contribution is -2.66. The third kappa shape index (κ3) is 7.32. The summed E-state index contributed by atoms with van der Waals surface area (Å²) in [5.41, 5.74) is 3.22. The van der Waals surface area contributed by atoms with Crippen LogP contribution in [0.25, 0.3) is 11.0 Å². The van der Waals surface area contributed by atoms with Crippen LogP contribution < -0.4 is 21.4 Å². The largest absolute Gasteiger partial charge is 0.505 e. The summed E-state index contributed by atoms with van der Waals surface area (Å²) in [7, 11) is 1.39. The summed E-state index contributed by atoms with van der Waals surface area (Å²) in [6.45, 7) is 12.3. The summed E-state index contributed by atoms with van der Waals surface area (Å²) in [4.78, 5) is 49.6. The van der Waals surface area contributed by atoms with Gasteiger partial charge < -0.3 is 44.3 Å². The number of aryl methyl sites for hydroxylation is 1. The number of nitrogens with one attached hydrogen (secondary N) is 1. The molecule has 2 amide bonds. The van der Waals surface area contributed by atoms with Crippen molar-refractivity contribution in [2.75, 3.05) is 12.4 Å². The van der Waals surface area contributed by atoms with Crippen LogP contribution in [0.4, 0.5) is 10.5 Å². The number of carbonyl (C=O) groups excluding carboxylic acids is 3. The van der Waals surface area contributed by atoms with E-state index in [-0.39, 0.29) is 47.1 Å². The standard InChI is InChI=1S/C29H40N2O11/c1-13(2)11-18(32)31-20-21(34)16-9-10-17(15(5)22(16)40-26(20)35)38-27-24(39-19(33)12-14(3)4)23(41-28(30)36)25(37-8)29(6,7)42-27/h9-10,13-14,23-25,27,34H,11-12H2,1-8H3,(H2,30,36)(H,31,32)/t23-,24+,25+,27+/m0/s1. The normalized spacial score (nSPS) is 21.8. The Morgan fingerprint density at radius 1 is 1.07 bits per heavy atom. The zero-order valence-corrected chi connectivity index (χ0v) is 25.1. The molecule has 0 unspecified atom stereocenters. The Balaban J connectivity index is 2.04. The van der Waals surface area contributed by atoms with Crippen molar-refractivity contribution >= 4 is 34.6 Å². The van der Waals surface area contributed by atoms with E-state index >= 15 is 0 Å². The molecule has 2 aromatic rings. The fourth-order valence-corrected chi connectivity index (χ4v) is 4.88. The van der Waals surface area contributed by atoms with Crippen LogP contribution >= 0.6 is 0 Å². The number of amides is 2. The Morgan fingerprint density at radius 2 is 1.71 bits per heavy atom. The zero-order valence-electron chi connectivity index (χ0n) is 25.1. The lowest BCUT2D eigenvalue weighted by Gasteiger charge is -2.48. The molecule has 13 heteroatoms. The summed E-state index contributed by atoms with van der Waals surface area (Å²) < 4.78 is 34.5. The molecule has 1 saturated heterocycles. The average molecular weight is 593 g/mol. The number of benzene rings is 1. The molecule has 1 aliphatic rings. The Morgan fingerprint density at radius 3 is 2.29 bits per heavy atom. The van der Waals surface area contributed by atoms with Gasteiger partial charge in [-0.1, -0.05) is 27.7 Å². The molecule has 0 radical (unpaired) electrons. The predicted octanol–water partition coefficient (Wildman–Crippen LogP) is 3.74. The van der Waals surface area contributed by atoms with Crippen LogP contribution in [0.2, 0.25) is 0 Å². The molecular weight excluding hydrogens is 552 g/mol. The first-order valence-electron chi connectivity index (χ1n) is 13.7. The number of aromatic hydroxyl groups is 1. The SMILES string of the molecule is CO[C@@H]1[C@@H](OC(N)=O)[C@@H](OC(=O)CC(C)C)[C@H](Oc2ccc3c(O)c(NC(=O)CC(C)C)c(=O)oc3c2C)OC1(C)C. The van der Waals surface area contributed by atoms with Crippen molar-refractivity contribution < 1.29 is 47.6 Å². The number of fused-ring (bicyclic) bond motifs is 1. The molecule has 0 aliphatic carbocycles. The highest BCUT2D eigenvalue weighted by Crippen LogP contribution is 2.39. The molecule has 42 heavy (non-hydrogen) atoms. The molecule has 0 saturated carbocycles. The van der Waals surface area contributed by atoms with E-state index < -0.39 is 59.5 Å². The number of hydrogen-bond donors (Lipinski definition) is 3. The van der Waals surface area contributed by atoms with Gasteiger partial charge in [0.1, 0.15) is 17.4 Å². The molecule has 1 aromatic carbocycles. The molecule has 4 N–H and O–H groups in total. The molecule has 4 atom stereocenters. The highest BCUT2D eigenvalue weighted by molar-refractivity contribution is 5.97. The van der Waals surface area contributed by atoms with Gasteiger partial charge in [0.25, 0.3) is 0 Å². The molecule has 3 rings (SSSR count). The van der Waals surface area contributed by atoms with E-state index in [2.05, 4.69) is 5.32 Å². The van der Waals surface area contributed by atoms with E-state index in [4.69, 9.17) is 33.8 Å². The maximum absolute atomic E-state index is 12.8. The van der Waals surface area contributed by atoms with Crippen molar-refractivity contribution in [2.24, 2.45) is 17.6 Å². The molecule has 1 aromatic heterocycles. The van der Waals surface area contributed by atoms with Gasteiger partial charge >= 0.3 is 17.7 Å². The number of methoxy groups -OCH3 is 1. The number of anilines is 1. The molecule has 0 spiro atoms. The highest BCUT2D eigenvalue weighted by Gasteiger charge is 2.55. The van der Waals surface area contributed by atoms with Crippen molar-refractivity contribution in [3.05, 3.63) is 28.1 Å². The van der Waals surface area contributed by atoms with Gasteiger partial charge in [-0.2, -0.15) is 0 Å². The van der Waals surface area contributed by atoms with Gasteiger partial charge in [-0.25, -0.2) is 9.59 Å². The summed E-state index contributed by atoms with van der Waals surface area (Å²) in [5, 5.41) is 13.4. The van der Waals surface area contributed by atoms with Gasteiger partial charge in [0, 0.05) is 25.5 Å². The predicted molar refractivity (Wildman–Crippen MR) is 151 cm³/mol. The summed E-state index contributed by atoms with van der Waals surface area (Å²) in [6.07, 6.45) is -5.60. The maximum atomic E-state index is 12.8. The maximum Gasteiger partial charge on any atom is 0.405 e. The molecule has 1 fully saturated rings. The second-order valence-electron chi connectivity index (χ2n) is 11.6. The van der Waals surface area contributed by atoms with Gasteiger partial charge in [-0.15, -0.1) is 0 Å². The smallest absolute Gasteiger partial charge is 0.405 e. The lowest BCUT2D eigenvalue weighted by atomic mass is 9.89. The summed E-state index contributed by atoms with van der Waals surface area (Å²) >= 11 is 0. The molecule has 232 valence electrons. The molecular formula is C29H40N2O11. The van der Waals surface area contributed by atoms with Crippen LogP contribution in [0.5, 0.6) is 11.5 Å². The summed E-state index contributed by atoms with van der Waals surface area (Å²) in [6, 6.07) is 2.93. The topological polar surface area (TPSA) is 186 Å². The fourth-order valence-electron chi connectivity index (χ4n) is 4.88. The quantitative estimate of drug-likeness (QED) is 0.269. The number of hydrogen-bond acceptors (Lipinski definition) is 11. The van der Waals surface area contributed by atoms with E-state index in [9.17, 15) is 24.3 Å². The van der Waals surface area contributed by atoms with Crippen LogP contribution in [0.1, 0.15) is 59.9 Å². The van der Waals surface area contributed by atoms with Gasteiger partial charge in [0.05, 0.1) is 11.0 Å². The zero-order chi connectivity index (χ0) is 31.5. The van der Waals surface area contributed by atoms with Crippen LogP contribution in [-0.2, 0) is 28.5 Å². The van der Waals surface area contributed by atoms with Crippen LogP contribution in [0.15, 0.2) is 21.3 Å². The molecule has 13 nitrogen and oxygen atoms in total. The Bertz CT molecular complexity index is 1380. The first-order valence-corrected chi connectivity index (χ1v) is 13.7. The Hall–Kier alpha value is -3.84. The number of esters is 1. The highest BCUT2D eigenvalue weighted by atomic mass is 16.7. The number of ether oxygens (including phenoxy) is 5. The minimum atomic E-state index is -1.32. The van der Waals surface area contributed by atoms with E-state index in [1.54, 1.807) is 20.8 Å². The van der Waals surface area contributed by atoms with E-state index in [0.29, 0.717) is 5.56 Å². The Kier molecular flexibility index (Phi) is 10.1. The second kappa shape index (κ2) is 13.0. The van der Waals surface area contributed by atoms with E-state index in [1.165, 1.54) is 19.2 Å². The first-order chi connectivity index (χ1) is 19.5. The monoisotopic (exact) mass is 592 g/mol. The Labute approximate surface area is 243 Å². The van der Waals surface area contributed by atoms with Crippen LogP contribution in [0.3, 0.4) is 0 Å². The van der Waals surface area contributed by atoms with E-state index in [0.717, 1.165) is 0 Å². The third-order valence-corrected chi connectivity index (χ3v) is 6.69. The lowest BCUT2D eigenvalue weighted by molar-refractivity contribution is -0.307. The average Bonchev–Trinajstić information content (AvgIpc) is 2.84. The van der Waals surface area contributed by atoms with E-state index in [1.807, 2.05) is 27.7 Å². The third-order valence-electron chi connectivity index (χ3n) is 6.69. The van der Waals surface area contributed by atoms with Crippen LogP contribution in [-0.4, -0.2) is 60.4 Å². The number of primary amides is 1. The summed E-state index contributed by atoms with van der Waals surface area (Å²) in [5.74, 6) is -1.32. The van der Waals surface area contributed by atoms with Crippen molar-refractivity contribution in [3.8, 4) is 11.5 Å². The van der Waals surface area contributed by atoms with Gasteiger partial charge in [-0.05, 0) is 44.7 Å². The van der Waals surface area contributed by atoms with Crippen LogP contribution in [0, 0.1) is 18.8 Å². The molecule has 0 bridgehead atoms. The minimum absolute atomic E-state index is 0.0000141. The fraction of sp³-hybridized carbons (Fsp3) is 0.586. The van der Waals surface area contributed by atoms with Gasteiger partial charge in [-0.3, -0.25) is 9.59 Å². The van der Waals surface area contributed by atoms with Crippen molar-refractivity contribution in [3.63, 3.8) is 0 Å². The van der Waals surface area contributed by atoms with Crippen molar-refractivity contribution in [2.45, 2.75) is 91.5 Å². The van der Waals surface area contributed by atoms with Gasteiger partial charge in [0.2, 0.25) is 18.3 Å². The first kappa shape index (κ1) is 32.7. The van der Waals surface area contributed by atoms with Gasteiger partial charge in [0.15, 0.2) is 17.5 Å². The number of carbonyl (C=O) groups is 3. The second-order valence-corrected chi connectivity index (χ2v) is 11.6. The molecule has 2 heterocycles. The van der Waals surface area contributed by atoms with Crippen molar-refractivity contribution in [1.82, 2.24) is 0 Å². The number of nitrogens with two attached hydrogens (primary N) is 1. The molecule has 1 aliphatic heterocycles.